The maximum absolute atomic E-state index is 12.0. The second kappa shape index (κ2) is 6.25. The minimum atomic E-state index is -0.169. The number of ether oxygens (including phenoxy) is 1. The van der Waals surface area contributed by atoms with E-state index in [2.05, 4.69) is 5.32 Å². The summed E-state index contributed by atoms with van der Waals surface area (Å²) in [6.07, 6.45) is 0. The number of hydrogen-bond donors (Lipinski definition) is 1. The SMILES string of the molecule is COc1cccc(C(=O)Nc2ccc(CCl)cc2)c1. The highest BCUT2D eigenvalue weighted by Gasteiger charge is 2.06. The zero-order valence-corrected chi connectivity index (χ0v) is 11.3. The van der Waals surface area contributed by atoms with Gasteiger partial charge in [-0.2, -0.15) is 0 Å². The Bertz CT molecular complexity index is 567. The Kier molecular flexibility index (Phi) is 4.42. The Balaban J connectivity index is 2.11. The molecule has 0 aromatic heterocycles. The molecule has 0 saturated heterocycles. The van der Waals surface area contributed by atoms with Crippen LogP contribution in [0, 0.1) is 0 Å². The Hall–Kier alpha value is -2.00. The van der Waals surface area contributed by atoms with Crippen molar-refractivity contribution in [2.24, 2.45) is 0 Å². The van der Waals surface area contributed by atoms with Gasteiger partial charge in [0.1, 0.15) is 5.75 Å². The number of carbonyl (C=O) groups is 1. The van der Waals surface area contributed by atoms with E-state index in [0.717, 1.165) is 11.3 Å². The van der Waals surface area contributed by atoms with Gasteiger partial charge in [-0.05, 0) is 35.9 Å². The van der Waals surface area contributed by atoms with Crippen molar-refractivity contribution < 1.29 is 9.53 Å². The molecule has 0 unspecified atom stereocenters. The maximum Gasteiger partial charge on any atom is 0.255 e. The van der Waals surface area contributed by atoms with E-state index in [1.807, 2.05) is 24.3 Å². The van der Waals surface area contributed by atoms with Crippen molar-refractivity contribution in [2.75, 3.05) is 12.4 Å². The number of methoxy groups -OCH3 is 1. The molecule has 0 radical (unpaired) electrons. The van der Waals surface area contributed by atoms with Gasteiger partial charge in [0.2, 0.25) is 0 Å². The van der Waals surface area contributed by atoms with Crippen LogP contribution in [0.4, 0.5) is 5.69 Å². The number of benzene rings is 2. The minimum Gasteiger partial charge on any atom is -0.497 e. The second-order valence-corrected chi connectivity index (χ2v) is 4.28. The van der Waals surface area contributed by atoms with E-state index in [0.29, 0.717) is 17.2 Å². The van der Waals surface area contributed by atoms with Crippen LogP contribution < -0.4 is 10.1 Å². The van der Waals surface area contributed by atoms with E-state index in [-0.39, 0.29) is 5.91 Å². The highest BCUT2D eigenvalue weighted by atomic mass is 35.5. The van der Waals surface area contributed by atoms with Gasteiger partial charge in [0, 0.05) is 17.1 Å². The molecule has 0 spiro atoms. The predicted octanol–water partition coefficient (Wildman–Crippen LogP) is 3.69. The molecule has 19 heavy (non-hydrogen) atoms. The Morgan fingerprint density at radius 2 is 1.95 bits per heavy atom. The minimum absolute atomic E-state index is 0.169. The van der Waals surface area contributed by atoms with E-state index in [1.54, 1.807) is 31.4 Å². The van der Waals surface area contributed by atoms with Crippen LogP contribution >= 0.6 is 11.6 Å². The highest BCUT2D eigenvalue weighted by molar-refractivity contribution is 6.17. The van der Waals surface area contributed by atoms with Crippen molar-refractivity contribution in [3.8, 4) is 5.75 Å². The largest absolute Gasteiger partial charge is 0.497 e. The first-order chi connectivity index (χ1) is 9.22. The molecule has 2 aromatic rings. The van der Waals surface area contributed by atoms with E-state index < -0.39 is 0 Å². The van der Waals surface area contributed by atoms with Crippen LogP contribution in [0.1, 0.15) is 15.9 Å². The zero-order chi connectivity index (χ0) is 13.7. The fourth-order valence-electron chi connectivity index (χ4n) is 1.64. The molecule has 1 amide bonds. The first kappa shape index (κ1) is 13.4. The first-order valence-electron chi connectivity index (χ1n) is 5.83. The molecule has 0 fully saturated rings. The van der Waals surface area contributed by atoms with Crippen LogP contribution in [0.15, 0.2) is 48.5 Å². The number of alkyl halides is 1. The van der Waals surface area contributed by atoms with Crippen LogP contribution in [0.2, 0.25) is 0 Å². The lowest BCUT2D eigenvalue weighted by Gasteiger charge is -2.07. The molecule has 0 aliphatic carbocycles. The quantitative estimate of drug-likeness (QED) is 0.865. The molecule has 2 aromatic carbocycles. The smallest absolute Gasteiger partial charge is 0.255 e. The van der Waals surface area contributed by atoms with Gasteiger partial charge in [0.05, 0.1) is 7.11 Å². The lowest BCUT2D eigenvalue weighted by molar-refractivity contribution is 0.102. The monoisotopic (exact) mass is 275 g/mol. The summed E-state index contributed by atoms with van der Waals surface area (Å²) >= 11 is 5.71. The lowest BCUT2D eigenvalue weighted by Crippen LogP contribution is -2.11. The molecule has 98 valence electrons. The summed E-state index contributed by atoms with van der Waals surface area (Å²) in [4.78, 5) is 12.0. The Morgan fingerprint density at radius 3 is 2.58 bits per heavy atom. The number of nitrogens with one attached hydrogen (secondary N) is 1. The number of amides is 1. The number of hydrogen-bond acceptors (Lipinski definition) is 2. The van der Waals surface area contributed by atoms with Crippen LogP contribution in [0.5, 0.6) is 5.75 Å². The number of anilines is 1. The molecular formula is C15H14ClNO2. The number of rotatable bonds is 4. The van der Waals surface area contributed by atoms with Crippen molar-refractivity contribution in [1.82, 2.24) is 0 Å². The summed E-state index contributed by atoms with van der Waals surface area (Å²) in [5, 5.41) is 2.82. The number of halogens is 1. The third kappa shape index (κ3) is 3.48. The van der Waals surface area contributed by atoms with Gasteiger partial charge >= 0.3 is 0 Å². The van der Waals surface area contributed by atoms with Gasteiger partial charge in [-0.15, -0.1) is 11.6 Å². The molecule has 2 rings (SSSR count). The van der Waals surface area contributed by atoms with E-state index >= 15 is 0 Å². The third-order valence-electron chi connectivity index (χ3n) is 2.70. The molecule has 1 N–H and O–H groups in total. The molecule has 0 atom stereocenters. The summed E-state index contributed by atoms with van der Waals surface area (Å²) < 4.78 is 5.09. The fraction of sp³-hybridized carbons (Fsp3) is 0.133. The molecule has 4 heteroatoms. The van der Waals surface area contributed by atoms with Crippen molar-refractivity contribution in [3.05, 3.63) is 59.7 Å². The molecule has 3 nitrogen and oxygen atoms in total. The Morgan fingerprint density at radius 1 is 1.21 bits per heavy atom. The van der Waals surface area contributed by atoms with Gasteiger partial charge in [-0.1, -0.05) is 18.2 Å². The van der Waals surface area contributed by atoms with Crippen molar-refractivity contribution in [1.29, 1.82) is 0 Å². The summed E-state index contributed by atoms with van der Waals surface area (Å²) in [5.41, 5.74) is 2.31. The zero-order valence-electron chi connectivity index (χ0n) is 10.5. The summed E-state index contributed by atoms with van der Waals surface area (Å²) in [7, 11) is 1.57. The van der Waals surface area contributed by atoms with Gasteiger partial charge < -0.3 is 10.1 Å². The van der Waals surface area contributed by atoms with E-state index in [1.165, 1.54) is 0 Å². The summed E-state index contributed by atoms with van der Waals surface area (Å²) in [5.74, 6) is 0.951. The number of carbonyl (C=O) groups excluding carboxylic acids is 1. The normalized spacial score (nSPS) is 10.0. The highest BCUT2D eigenvalue weighted by Crippen LogP contribution is 2.16. The predicted molar refractivity (Wildman–Crippen MR) is 76.9 cm³/mol. The lowest BCUT2D eigenvalue weighted by atomic mass is 10.2. The fourth-order valence-corrected chi connectivity index (χ4v) is 1.82. The van der Waals surface area contributed by atoms with E-state index in [4.69, 9.17) is 16.3 Å². The second-order valence-electron chi connectivity index (χ2n) is 4.02. The van der Waals surface area contributed by atoms with Gasteiger partial charge in [0.15, 0.2) is 0 Å². The Labute approximate surface area is 117 Å². The third-order valence-corrected chi connectivity index (χ3v) is 3.01. The average Bonchev–Trinajstić information content (AvgIpc) is 2.48. The average molecular weight is 276 g/mol. The molecule has 0 saturated carbocycles. The van der Waals surface area contributed by atoms with Gasteiger partial charge in [-0.25, -0.2) is 0 Å². The maximum atomic E-state index is 12.0. The van der Waals surface area contributed by atoms with Crippen molar-refractivity contribution in [2.45, 2.75) is 5.88 Å². The first-order valence-corrected chi connectivity index (χ1v) is 6.36. The summed E-state index contributed by atoms with van der Waals surface area (Å²) in [6.45, 7) is 0. The molecule has 0 aliphatic rings. The van der Waals surface area contributed by atoms with Crippen LogP contribution in [0.25, 0.3) is 0 Å². The summed E-state index contributed by atoms with van der Waals surface area (Å²) in [6, 6.07) is 14.4. The topological polar surface area (TPSA) is 38.3 Å². The van der Waals surface area contributed by atoms with Crippen molar-refractivity contribution >= 4 is 23.2 Å². The van der Waals surface area contributed by atoms with E-state index in [9.17, 15) is 4.79 Å². The van der Waals surface area contributed by atoms with Crippen molar-refractivity contribution in [3.63, 3.8) is 0 Å². The standard InChI is InChI=1S/C15H14ClNO2/c1-19-14-4-2-3-12(9-14)15(18)17-13-7-5-11(10-16)6-8-13/h2-9H,10H2,1H3,(H,17,18). The molecular weight excluding hydrogens is 262 g/mol. The van der Waals surface area contributed by atoms with Gasteiger partial charge in [0.25, 0.3) is 5.91 Å². The molecule has 0 heterocycles. The molecule has 0 aliphatic heterocycles. The van der Waals surface area contributed by atoms with Crippen LogP contribution in [-0.2, 0) is 5.88 Å². The van der Waals surface area contributed by atoms with Crippen LogP contribution in [0.3, 0.4) is 0 Å². The van der Waals surface area contributed by atoms with Crippen LogP contribution in [-0.4, -0.2) is 13.0 Å². The molecule has 0 bridgehead atoms. The van der Waals surface area contributed by atoms with Gasteiger partial charge in [-0.3, -0.25) is 4.79 Å².